The largest absolute Gasteiger partial charge is 0.465 e. The van der Waals surface area contributed by atoms with Gasteiger partial charge in [-0.05, 0) is 12.8 Å². The average Bonchev–Trinajstić information content (AvgIpc) is 3.10. The lowest BCUT2D eigenvalue weighted by Gasteiger charge is -2.31. The maximum Gasteiger partial charge on any atom is 0.349 e. The predicted octanol–water partition coefficient (Wildman–Crippen LogP) is 0.563. The fraction of sp³-hybridized carbons (Fsp3) is 0.538. The number of anilines is 1. The normalized spacial score (nSPS) is 25.3. The smallest absolute Gasteiger partial charge is 0.349 e. The van der Waals surface area contributed by atoms with Crippen LogP contribution in [0.3, 0.4) is 0 Å². The third kappa shape index (κ3) is 2.39. The van der Waals surface area contributed by atoms with Crippen LogP contribution in [0.15, 0.2) is 6.20 Å². The molecule has 3 rings (SSSR count). The number of nitrogens with one attached hydrogen (secondary N) is 1. The number of piperidine rings is 1. The number of thiazole rings is 1. The van der Waals surface area contributed by atoms with Crippen LogP contribution in [0.25, 0.3) is 0 Å². The van der Waals surface area contributed by atoms with E-state index in [1.54, 1.807) is 0 Å². The Bertz CT molecular complexity index is 614. The lowest BCUT2D eigenvalue weighted by atomic mass is 9.79. The number of carbonyl (C=O) groups excluding carboxylic acids is 3. The van der Waals surface area contributed by atoms with Crippen molar-refractivity contribution >= 4 is 34.3 Å². The first-order valence-corrected chi connectivity index (χ1v) is 7.49. The van der Waals surface area contributed by atoms with Crippen LogP contribution in [-0.2, 0) is 14.3 Å². The molecular weight excluding hydrogens is 294 g/mol. The number of hydrogen-bond acceptors (Lipinski definition) is 7. The number of nitrogens with zero attached hydrogens (tertiary/aromatic N) is 2. The zero-order chi connectivity index (χ0) is 15.0. The van der Waals surface area contributed by atoms with Crippen LogP contribution in [0.4, 0.5) is 5.13 Å². The minimum Gasteiger partial charge on any atom is -0.465 e. The van der Waals surface area contributed by atoms with Gasteiger partial charge in [-0.15, -0.1) is 0 Å². The van der Waals surface area contributed by atoms with E-state index in [9.17, 15) is 14.4 Å². The van der Waals surface area contributed by atoms with Gasteiger partial charge in [-0.3, -0.25) is 14.9 Å². The molecule has 2 aliphatic rings. The summed E-state index contributed by atoms with van der Waals surface area (Å²) >= 11 is 1.25. The lowest BCUT2D eigenvalue weighted by molar-refractivity contribution is -0.140. The van der Waals surface area contributed by atoms with E-state index >= 15 is 0 Å². The van der Waals surface area contributed by atoms with E-state index in [0.717, 1.165) is 0 Å². The van der Waals surface area contributed by atoms with Crippen LogP contribution >= 0.6 is 11.3 Å². The topological polar surface area (TPSA) is 88.6 Å². The SMILES string of the molecule is COC(=O)c1cnc(N2CCC3(CCC(=O)NC3=O)C2)s1. The Balaban J connectivity index is 1.75. The molecule has 0 saturated carbocycles. The number of imide groups is 1. The molecule has 1 aromatic rings. The first kappa shape index (κ1) is 14.0. The third-order valence-corrected chi connectivity index (χ3v) is 5.11. The molecule has 1 N–H and O–H groups in total. The third-order valence-electron chi connectivity index (χ3n) is 4.07. The molecule has 0 aliphatic carbocycles. The van der Waals surface area contributed by atoms with Crippen molar-refractivity contribution in [2.24, 2.45) is 5.41 Å². The molecule has 7 nitrogen and oxygen atoms in total. The highest BCUT2D eigenvalue weighted by Crippen LogP contribution is 2.40. The van der Waals surface area contributed by atoms with E-state index < -0.39 is 11.4 Å². The number of aromatic nitrogens is 1. The molecule has 0 bridgehead atoms. The minimum atomic E-state index is -0.509. The number of amides is 2. The van der Waals surface area contributed by atoms with Gasteiger partial charge in [-0.2, -0.15) is 0 Å². The van der Waals surface area contributed by atoms with E-state index in [0.29, 0.717) is 42.4 Å². The van der Waals surface area contributed by atoms with Crippen LogP contribution in [0.1, 0.15) is 28.9 Å². The highest BCUT2D eigenvalue weighted by molar-refractivity contribution is 7.17. The van der Waals surface area contributed by atoms with Crippen molar-refractivity contribution in [1.29, 1.82) is 0 Å². The van der Waals surface area contributed by atoms with Crippen LogP contribution in [0, 0.1) is 5.41 Å². The average molecular weight is 309 g/mol. The molecule has 1 aromatic heterocycles. The summed E-state index contributed by atoms with van der Waals surface area (Å²) in [5.74, 6) is -0.800. The van der Waals surface area contributed by atoms with Gasteiger partial charge in [0.2, 0.25) is 11.8 Å². The molecule has 2 aliphatic heterocycles. The Hall–Kier alpha value is -1.96. The number of ether oxygens (including phenoxy) is 1. The summed E-state index contributed by atoms with van der Waals surface area (Å²) < 4.78 is 4.66. The summed E-state index contributed by atoms with van der Waals surface area (Å²) in [6, 6.07) is 0. The van der Waals surface area contributed by atoms with Crippen LogP contribution < -0.4 is 10.2 Å². The molecule has 0 radical (unpaired) electrons. The van der Waals surface area contributed by atoms with Crippen molar-refractivity contribution in [3.05, 3.63) is 11.1 Å². The Kier molecular flexibility index (Phi) is 3.40. The van der Waals surface area contributed by atoms with E-state index in [-0.39, 0.29) is 11.8 Å². The number of hydrogen-bond donors (Lipinski definition) is 1. The lowest BCUT2D eigenvalue weighted by Crippen LogP contribution is -2.50. The van der Waals surface area contributed by atoms with Crippen molar-refractivity contribution in [2.75, 3.05) is 25.1 Å². The number of rotatable bonds is 2. The Morgan fingerprint density at radius 3 is 3.00 bits per heavy atom. The Morgan fingerprint density at radius 2 is 2.29 bits per heavy atom. The quantitative estimate of drug-likeness (QED) is 0.634. The molecule has 1 atom stereocenters. The van der Waals surface area contributed by atoms with Gasteiger partial charge in [-0.25, -0.2) is 9.78 Å². The maximum atomic E-state index is 12.1. The molecule has 8 heteroatoms. The second-order valence-electron chi connectivity index (χ2n) is 5.33. The fourth-order valence-corrected chi connectivity index (χ4v) is 3.68. The summed E-state index contributed by atoms with van der Waals surface area (Å²) in [7, 11) is 1.33. The predicted molar refractivity (Wildman–Crippen MR) is 75.1 cm³/mol. The van der Waals surface area contributed by atoms with Gasteiger partial charge in [0, 0.05) is 19.5 Å². The fourth-order valence-electron chi connectivity index (χ4n) is 2.82. The van der Waals surface area contributed by atoms with E-state index in [1.807, 2.05) is 4.90 Å². The second-order valence-corrected chi connectivity index (χ2v) is 6.34. The monoisotopic (exact) mass is 309 g/mol. The first-order valence-electron chi connectivity index (χ1n) is 6.67. The molecule has 0 aromatic carbocycles. The van der Waals surface area contributed by atoms with Crippen LogP contribution in [0.5, 0.6) is 0 Å². The summed E-state index contributed by atoms with van der Waals surface area (Å²) in [6.07, 6.45) is 3.13. The number of esters is 1. The minimum absolute atomic E-state index is 0.189. The van der Waals surface area contributed by atoms with Gasteiger partial charge in [0.1, 0.15) is 4.88 Å². The molecule has 3 heterocycles. The van der Waals surface area contributed by atoms with Crippen molar-refractivity contribution in [2.45, 2.75) is 19.3 Å². The van der Waals surface area contributed by atoms with Gasteiger partial charge in [-0.1, -0.05) is 11.3 Å². The summed E-state index contributed by atoms with van der Waals surface area (Å²) in [4.78, 5) is 41.5. The van der Waals surface area contributed by atoms with Crippen LogP contribution in [0.2, 0.25) is 0 Å². The molecule has 2 saturated heterocycles. The van der Waals surface area contributed by atoms with Gasteiger partial charge in [0.05, 0.1) is 18.7 Å². The summed E-state index contributed by atoms with van der Waals surface area (Å²) in [6.45, 7) is 1.22. The van der Waals surface area contributed by atoms with Gasteiger partial charge in [0.25, 0.3) is 0 Å². The van der Waals surface area contributed by atoms with Crippen LogP contribution in [-0.4, -0.2) is 43.0 Å². The molecule has 21 heavy (non-hydrogen) atoms. The standard InChI is InChI=1S/C13H15N3O4S/c1-20-10(18)8-6-14-12(21-8)16-5-4-13(7-16)3-2-9(17)15-11(13)19/h6H,2-5,7H2,1H3,(H,15,17,19). The van der Waals surface area contributed by atoms with Crippen molar-refractivity contribution in [1.82, 2.24) is 10.3 Å². The number of methoxy groups -OCH3 is 1. The van der Waals surface area contributed by atoms with E-state index in [1.165, 1.54) is 24.6 Å². The molecular formula is C13H15N3O4S. The Morgan fingerprint density at radius 1 is 1.48 bits per heavy atom. The number of carbonyl (C=O) groups is 3. The van der Waals surface area contributed by atoms with Gasteiger partial charge < -0.3 is 9.64 Å². The van der Waals surface area contributed by atoms with Gasteiger partial charge in [0.15, 0.2) is 5.13 Å². The van der Waals surface area contributed by atoms with Crippen molar-refractivity contribution in [3.63, 3.8) is 0 Å². The Labute approximate surface area is 125 Å². The zero-order valence-electron chi connectivity index (χ0n) is 11.5. The van der Waals surface area contributed by atoms with E-state index in [2.05, 4.69) is 15.0 Å². The van der Waals surface area contributed by atoms with E-state index in [4.69, 9.17) is 0 Å². The molecule has 2 fully saturated rings. The highest BCUT2D eigenvalue weighted by Gasteiger charge is 2.48. The first-order chi connectivity index (χ1) is 10.0. The highest BCUT2D eigenvalue weighted by atomic mass is 32.1. The second kappa shape index (κ2) is 5.10. The molecule has 2 amide bonds. The zero-order valence-corrected chi connectivity index (χ0v) is 12.4. The van der Waals surface area contributed by atoms with Crippen molar-refractivity contribution < 1.29 is 19.1 Å². The molecule has 112 valence electrons. The van der Waals surface area contributed by atoms with Gasteiger partial charge >= 0.3 is 5.97 Å². The molecule has 1 unspecified atom stereocenters. The maximum absolute atomic E-state index is 12.1. The summed E-state index contributed by atoms with van der Waals surface area (Å²) in [5, 5.41) is 3.13. The molecule has 1 spiro atoms. The van der Waals surface area contributed by atoms with Crippen molar-refractivity contribution in [3.8, 4) is 0 Å². The summed E-state index contributed by atoms with van der Waals surface area (Å²) in [5.41, 5.74) is -0.509.